The molecule has 0 aliphatic carbocycles. The maximum absolute atomic E-state index is 13.4. The lowest BCUT2D eigenvalue weighted by atomic mass is 10.2. The lowest BCUT2D eigenvalue weighted by molar-refractivity contribution is -0.137. The van der Waals surface area contributed by atoms with E-state index in [1.54, 1.807) is 24.3 Å². The number of halogens is 3. The van der Waals surface area contributed by atoms with Gasteiger partial charge in [0.2, 0.25) is 0 Å². The fourth-order valence-electron chi connectivity index (χ4n) is 3.52. The second-order valence-electron chi connectivity index (χ2n) is 7.87. The van der Waals surface area contributed by atoms with Gasteiger partial charge < -0.3 is 4.74 Å². The number of esters is 1. The third kappa shape index (κ3) is 5.42. The standard InChI is InChI=1S/C25H19F3N4O5S/c1-2-13-32(19-9-6-8-18(15-19)25(26,27)28)38(35,36)20-10-5-7-17(14-20)24(34)37-16-31-23(33)21-11-3-4-12-22(21)29-30-31/h2-12,14-15H,1,13,16H2. The van der Waals surface area contributed by atoms with Crippen molar-refractivity contribution in [1.29, 1.82) is 0 Å². The SMILES string of the molecule is C=CCN(c1cccc(C(F)(F)F)c1)S(=O)(=O)c1cccc(C(=O)OCn2nnc3ccccc3c2=O)c1. The largest absolute Gasteiger partial charge is 0.439 e. The fraction of sp³-hybridized carbons (Fsp3) is 0.120. The van der Waals surface area contributed by atoms with Crippen LogP contribution in [0, 0.1) is 0 Å². The molecule has 13 heteroatoms. The minimum absolute atomic E-state index is 0.171. The Balaban J connectivity index is 1.60. The van der Waals surface area contributed by atoms with Crippen molar-refractivity contribution in [3.63, 3.8) is 0 Å². The number of benzene rings is 3. The Morgan fingerprint density at radius 3 is 2.53 bits per heavy atom. The first kappa shape index (κ1) is 26.5. The van der Waals surface area contributed by atoms with E-state index in [1.807, 2.05) is 0 Å². The van der Waals surface area contributed by atoms with Crippen LogP contribution in [-0.4, -0.2) is 35.9 Å². The highest BCUT2D eigenvalue weighted by Gasteiger charge is 2.32. The summed E-state index contributed by atoms with van der Waals surface area (Å²) in [4.78, 5) is 24.8. The number of hydrogen-bond acceptors (Lipinski definition) is 7. The van der Waals surface area contributed by atoms with Gasteiger partial charge in [0, 0.05) is 0 Å². The normalized spacial score (nSPS) is 11.8. The molecule has 0 unspecified atom stereocenters. The molecule has 0 N–H and O–H groups in total. The Hall–Kier alpha value is -4.52. The van der Waals surface area contributed by atoms with E-state index in [1.165, 1.54) is 30.3 Å². The summed E-state index contributed by atoms with van der Waals surface area (Å²) >= 11 is 0. The van der Waals surface area contributed by atoms with Crippen molar-refractivity contribution >= 4 is 32.6 Å². The van der Waals surface area contributed by atoms with Crippen molar-refractivity contribution in [1.82, 2.24) is 15.0 Å². The second kappa shape index (κ2) is 10.5. The smallest absolute Gasteiger partial charge is 0.416 e. The number of ether oxygens (including phenoxy) is 1. The van der Waals surface area contributed by atoms with Crippen molar-refractivity contribution in [2.75, 3.05) is 10.8 Å². The second-order valence-corrected chi connectivity index (χ2v) is 9.74. The van der Waals surface area contributed by atoms with Crippen molar-refractivity contribution in [2.45, 2.75) is 17.8 Å². The van der Waals surface area contributed by atoms with Crippen LogP contribution in [0.15, 0.2) is 95.1 Å². The third-order valence-electron chi connectivity index (χ3n) is 5.36. The van der Waals surface area contributed by atoms with Gasteiger partial charge in [0.05, 0.1) is 33.6 Å². The van der Waals surface area contributed by atoms with Crippen LogP contribution in [-0.2, 0) is 27.7 Å². The number of fused-ring (bicyclic) bond motifs is 1. The van der Waals surface area contributed by atoms with Gasteiger partial charge in [-0.1, -0.05) is 35.6 Å². The molecule has 0 aliphatic rings. The number of aromatic nitrogens is 3. The topological polar surface area (TPSA) is 111 Å². The first-order valence-electron chi connectivity index (χ1n) is 10.9. The van der Waals surface area contributed by atoms with Crippen LogP contribution in [0.1, 0.15) is 15.9 Å². The highest BCUT2D eigenvalue weighted by molar-refractivity contribution is 7.92. The van der Waals surface area contributed by atoms with E-state index in [2.05, 4.69) is 16.9 Å². The molecular formula is C25H19F3N4O5S. The number of alkyl halides is 3. The van der Waals surface area contributed by atoms with E-state index in [4.69, 9.17) is 4.74 Å². The molecule has 196 valence electrons. The molecule has 9 nitrogen and oxygen atoms in total. The average molecular weight is 545 g/mol. The number of anilines is 1. The van der Waals surface area contributed by atoms with Gasteiger partial charge in [0.25, 0.3) is 15.6 Å². The maximum atomic E-state index is 13.4. The zero-order valence-corrected chi connectivity index (χ0v) is 20.3. The van der Waals surface area contributed by atoms with Crippen LogP contribution in [0.5, 0.6) is 0 Å². The predicted octanol–water partition coefficient (Wildman–Crippen LogP) is 4.01. The molecule has 0 fully saturated rings. The summed E-state index contributed by atoms with van der Waals surface area (Å²) in [6.07, 6.45) is -3.46. The van der Waals surface area contributed by atoms with E-state index < -0.39 is 40.0 Å². The van der Waals surface area contributed by atoms with Crippen LogP contribution >= 0.6 is 0 Å². The van der Waals surface area contributed by atoms with Crippen LogP contribution in [0.4, 0.5) is 18.9 Å². The Labute approximate surface area is 214 Å². The van der Waals surface area contributed by atoms with Crippen molar-refractivity contribution in [3.05, 3.63) is 107 Å². The molecule has 0 atom stereocenters. The van der Waals surface area contributed by atoms with E-state index in [0.29, 0.717) is 11.6 Å². The molecule has 0 spiro atoms. The van der Waals surface area contributed by atoms with Gasteiger partial charge in [0.15, 0.2) is 6.73 Å². The van der Waals surface area contributed by atoms with Crippen molar-refractivity contribution in [2.24, 2.45) is 0 Å². The lowest BCUT2D eigenvalue weighted by Gasteiger charge is -2.24. The Kier molecular flexibility index (Phi) is 7.30. The van der Waals surface area contributed by atoms with E-state index in [0.717, 1.165) is 27.2 Å². The van der Waals surface area contributed by atoms with Gasteiger partial charge in [-0.25, -0.2) is 13.2 Å². The van der Waals surface area contributed by atoms with Crippen molar-refractivity contribution < 1.29 is 31.1 Å². The molecule has 1 heterocycles. The Morgan fingerprint density at radius 2 is 1.79 bits per heavy atom. The molecule has 4 aromatic rings. The molecule has 38 heavy (non-hydrogen) atoms. The molecule has 0 radical (unpaired) electrons. The predicted molar refractivity (Wildman–Crippen MR) is 132 cm³/mol. The summed E-state index contributed by atoms with van der Waals surface area (Å²) < 4.78 is 73.1. The zero-order chi connectivity index (χ0) is 27.5. The summed E-state index contributed by atoms with van der Waals surface area (Å²) in [7, 11) is -4.42. The molecule has 0 saturated heterocycles. The summed E-state index contributed by atoms with van der Waals surface area (Å²) in [5.74, 6) is -0.960. The highest BCUT2D eigenvalue weighted by atomic mass is 32.2. The van der Waals surface area contributed by atoms with Gasteiger partial charge >= 0.3 is 12.1 Å². The third-order valence-corrected chi connectivity index (χ3v) is 7.15. The van der Waals surface area contributed by atoms with Crippen LogP contribution in [0.3, 0.4) is 0 Å². The Morgan fingerprint density at radius 1 is 1.05 bits per heavy atom. The number of sulfonamides is 1. The average Bonchev–Trinajstić information content (AvgIpc) is 2.91. The van der Waals surface area contributed by atoms with Gasteiger partial charge in [-0.05, 0) is 48.5 Å². The summed E-state index contributed by atoms with van der Waals surface area (Å²) in [6, 6.07) is 15.1. The van der Waals surface area contributed by atoms with Gasteiger partial charge in [-0.3, -0.25) is 9.10 Å². The molecule has 0 saturated carbocycles. The van der Waals surface area contributed by atoms with Crippen LogP contribution in [0.25, 0.3) is 10.9 Å². The lowest BCUT2D eigenvalue weighted by Crippen LogP contribution is -2.31. The van der Waals surface area contributed by atoms with E-state index in [-0.39, 0.29) is 28.1 Å². The molecule has 0 bridgehead atoms. The molecule has 3 aromatic carbocycles. The summed E-state index contributed by atoms with van der Waals surface area (Å²) in [5, 5.41) is 7.87. The fourth-order valence-corrected chi connectivity index (χ4v) is 4.99. The summed E-state index contributed by atoms with van der Waals surface area (Å²) in [6.45, 7) is 2.57. The molecule has 1 aromatic heterocycles. The number of carbonyl (C=O) groups is 1. The van der Waals surface area contributed by atoms with Gasteiger partial charge in [-0.2, -0.15) is 17.9 Å². The van der Waals surface area contributed by atoms with Crippen LogP contribution in [0.2, 0.25) is 0 Å². The number of hydrogen-bond donors (Lipinski definition) is 0. The molecule has 4 rings (SSSR count). The minimum Gasteiger partial charge on any atom is -0.439 e. The first-order valence-corrected chi connectivity index (χ1v) is 12.4. The monoisotopic (exact) mass is 544 g/mol. The summed E-state index contributed by atoms with van der Waals surface area (Å²) in [5.41, 5.74) is -1.61. The van der Waals surface area contributed by atoms with Gasteiger partial charge in [0.1, 0.15) is 5.52 Å². The minimum atomic E-state index is -4.68. The maximum Gasteiger partial charge on any atom is 0.416 e. The van der Waals surface area contributed by atoms with E-state index >= 15 is 0 Å². The quantitative estimate of drug-likeness (QED) is 0.243. The van der Waals surface area contributed by atoms with E-state index in [9.17, 15) is 31.2 Å². The Bertz CT molecular complexity index is 1690. The highest BCUT2D eigenvalue weighted by Crippen LogP contribution is 2.33. The number of carbonyl (C=O) groups excluding carboxylic acids is 1. The van der Waals surface area contributed by atoms with Gasteiger partial charge in [-0.15, -0.1) is 11.7 Å². The van der Waals surface area contributed by atoms with Crippen molar-refractivity contribution in [3.8, 4) is 0 Å². The number of nitrogens with zero attached hydrogens (tertiary/aromatic N) is 4. The molecule has 0 amide bonds. The number of rotatable bonds is 8. The molecule has 0 aliphatic heterocycles. The zero-order valence-electron chi connectivity index (χ0n) is 19.5. The molecular weight excluding hydrogens is 525 g/mol. The van der Waals surface area contributed by atoms with Crippen LogP contribution < -0.4 is 9.86 Å². The first-order chi connectivity index (χ1) is 18.0.